The summed E-state index contributed by atoms with van der Waals surface area (Å²) in [6.45, 7) is 4.48. The Bertz CT molecular complexity index is 741. The summed E-state index contributed by atoms with van der Waals surface area (Å²) in [5, 5.41) is 19.8. The molecule has 120 valence electrons. The normalized spacial score (nSPS) is 12.7. The van der Waals surface area contributed by atoms with Gasteiger partial charge in [-0.05, 0) is 23.7 Å². The lowest BCUT2D eigenvalue weighted by atomic mass is 9.95. The lowest BCUT2D eigenvalue weighted by molar-refractivity contribution is 0.628. The summed E-state index contributed by atoms with van der Waals surface area (Å²) in [5.74, 6) is -0.732. The van der Waals surface area contributed by atoms with Crippen LogP contribution >= 0.6 is 0 Å². The van der Waals surface area contributed by atoms with Gasteiger partial charge in [-0.3, -0.25) is 4.98 Å². The molecular formula is C20H21N3Si. The van der Waals surface area contributed by atoms with E-state index in [1.807, 2.05) is 60.8 Å². The average molecular weight is 331 g/mol. The molecule has 1 heterocycles. The van der Waals surface area contributed by atoms with Crippen molar-refractivity contribution in [1.82, 2.24) is 4.98 Å². The van der Waals surface area contributed by atoms with Gasteiger partial charge in [0.1, 0.15) is 14.0 Å². The van der Waals surface area contributed by atoms with Crippen LogP contribution in [0.5, 0.6) is 0 Å². The van der Waals surface area contributed by atoms with E-state index in [2.05, 4.69) is 36.3 Å². The number of pyridine rings is 1. The zero-order chi connectivity index (χ0) is 17.4. The number of hydrogen-bond donors (Lipinski definition) is 0. The summed E-state index contributed by atoms with van der Waals surface area (Å²) >= 11 is 0. The third-order valence-corrected chi connectivity index (χ3v) is 7.32. The van der Waals surface area contributed by atoms with E-state index >= 15 is 0 Å². The van der Waals surface area contributed by atoms with Gasteiger partial charge < -0.3 is 0 Å². The van der Waals surface area contributed by atoms with Crippen LogP contribution in [0.4, 0.5) is 0 Å². The first kappa shape index (κ1) is 17.7. The highest BCUT2D eigenvalue weighted by Gasteiger charge is 2.31. The lowest BCUT2D eigenvalue weighted by Crippen LogP contribution is -2.45. The first-order valence-electron chi connectivity index (χ1n) is 8.01. The lowest BCUT2D eigenvalue weighted by Gasteiger charge is -2.26. The van der Waals surface area contributed by atoms with Gasteiger partial charge in [0.2, 0.25) is 0 Å². The van der Waals surface area contributed by atoms with Crippen LogP contribution in [0.25, 0.3) is 6.08 Å². The van der Waals surface area contributed by atoms with Gasteiger partial charge in [0.15, 0.2) is 0 Å². The van der Waals surface area contributed by atoms with Crippen LogP contribution in [0, 0.1) is 34.5 Å². The number of benzene rings is 1. The number of aromatic nitrogens is 1. The Hall–Kier alpha value is -2.69. The zero-order valence-corrected chi connectivity index (χ0v) is 15.1. The van der Waals surface area contributed by atoms with Gasteiger partial charge in [0.05, 0.1) is 12.1 Å². The minimum atomic E-state index is -1.84. The van der Waals surface area contributed by atoms with Crippen molar-refractivity contribution in [2.24, 2.45) is 11.8 Å². The molecule has 0 aliphatic heterocycles. The largest absolute Gasteiger partial charge is 0.266 e. The van der Waals surface area contributed by atoms with Crippen molar-refractivity contribution in [2.45, 2.75) is 19.1 Å². The van der Waals surface area contributed by atoms with Crippen LogP contribution in [0.15, 0.2) is 60.8 Å². The molecular weight excluding hydrogens is 310 g/mol. The summed E-state index contributed by atoms with van der Waals surface area (Å²) in [6.07, 6.45) is 5.84. The average Bonchev–Trinajstić information content (AvgIpc) is 2.62. The van der Waals surface area contributed by atoms with Gasteiger partial charge in [-0.25, -0.2) is 0 Å². The molecule has 0 amide bonds. The van der Waals surface area contributed by atoms with E-state index < -0.39 is 14.0 Å². The Labute approximate surface area is 144 Å². The second-order valence-electron chi connectivity index (χ2n) is 6.47. The van der Waals surface area contributed by atoms with Crippen molar-refractivity contribution < 1.29 is 0 Å². The second kappa shape index (κ2) is 8.24. The second-order valence-corrected chi connectivity index (χ2v) is 11.2. The Morgan fingerprint density at radius 2 is 1.71 bits per heavy atom. The van der Waals surface area contributed by atoms with Crippen molar-refractivity contribution in [3.05, 3.63) is 66.4 Å². The first-order valence-corrected chi connectivity index (χ1v) is 11.2. The minimum absolute atomic E-state index is 0.0936. The zero-order valence-electron chi connectivity index (χ0n) is 14.1. The summed E-state index contributed by atoms with van der Waals surface area (Å²) in [4.78, 5) is 4.50. The van der Waals surface area contributed by atoms with E-state index in [1.165, 1.54) is 0 Å². The topological polar surface area (TPSA) is 60.5 Å². The van der Waals surface area contributed by atoms with Crippen LogP contribution < -0.4 is 5.32 Å². The number of hydrogen-bond acceptors (Lipinski definition) is 3. The van der Waals surface area contributed by atoms with E-state index in [0.29, 0.717) is 0 Å². The molecule has 1 aromatic heterocycles. The molecule has 0 spiro atoms. The third kappa shape index (κ3) is 4.65. The maximum absolute atomic E-state index is 9.35. The van der Waals surface area contributed by atoms with Gasteiger partial charge in [-0.15, -0.1) is 0 Å². The molecule has 0 radical (unpaired) electrons. The predicted octanol–water partition coefficient (Wildman–Crippen LogP) is 3.99. The van der Waals surface area contributed by atoms with Gasteiger partial charge in [-0.1, -0.05) is 61.6 Å². The fourth-order valence-electron chi connectivity index (χ4n) is 2.77. The van der Waals surface area contributed by atoms with Crippen LogP contribution in [0.2, 0.25) is 19.1 Å². The quantitative estimate of drug-likeness (QED) is 0.752. The molecule has 4 heteroatoms. The number of allylic oxidation sites excluding steroid dienone is 1. The molecule has 0 fully saturated rings. The molecule has 3 nitrogen and oxygen atoms in total. The maximum atomic E-state index is 9.35. The van der Waals surface area contributed by atoms with Crippen LogP contribution in [0.3, 0.4) is 0 Å². The highest BCUT2D eigenvalue weighted by atomic mass is 28.3. The van der Waals surface area contributed by atoms with E-state index in [0.717, 1.165) is 16.9 Å². The molecule has 0 bridgehead atoms. The fraction of sp³-hybridized carbons (Fsp3) is 0.250. The van der Waals surface area contributed by atoms with Gasteiger partial charge >= 0.3 is 0 Å². The Kier molecular flexibility index (Phi) is 6.06. The fourth-order valence-corrected chi connectivity index (χ4v) is 5.50. The monoisotopic (exact) mass is 331 g/mol. The van der Waals surface area contributed by atoms with Crippen LogP contribution in [-0.4, -0.2) is 13.1 Å². The summed E-state index contributed by atoms with van der Waals surface area (Å²) < 4.78 is 0. The first-order chi connectivity index (χ1) is 11.6. The van der Waals surface area contributed by atoms with Gasteiger partial charge in [0.25, 0.3) is 0 Å². The highest BCUT2D eigenvalue weighted by molar-refractivity contribution is 6.89. The Morgan fingerprint density at radius 1 is 1.04 bits per heavy atom. The van der Waals surface area contributed by atoms with E-state index in [4.69, 9.17) is 0 Å². The number of nitriles is 2. The SMILES string of the molecule is C[Si](C)(CC(/C=C/c1ccccc1)C(C#N)C#N)c1ccccn1. The molecule has 0 saturated heterocycles. The van der Waals surface area contributed by atoms with Crippen molar-refractivity contribution in [3.8, 4) is 12.1 Å². The number of rotatable bonds is 6. The van der Waals surface area contributed by atoms with Gasteiger partial charge in [-0.2, -0.15) is 10.5 Å². The van der Waals surface area contributed by atoms with Crippen molar-refractivity contribution in [2.75, 3.05) is 0 Å². The molecule has 2 rings (SSSR count). The minimum Gasteiger partial charge on any atom is -0.266 e. The van der Waals surface area contributed by atoms with Gasteiger partial charge in [0, 0.05) is 17.4 Å². The molecule has 0 aliphatic rings. The van der Waals surface area contributed by atoms with Crippen molar-refractivity contribution in [3.63, 3.8) is 0 Å². The van der Waals surface area contributed by atoms with Crippen LogP contribution in [-0.2, 0) is 0 Å². The van der Waals surface area contributed by atoms with Crippen molar-refractivity contribution in [1.29, 1.82) is 10.5 Å². The summed E-state index contributed by atoms with van der Waals surface area (Å²) in [5.41, 5.74) is 1.08. The molecule has 0 saturated carbocycles. The molecule has 2 aromatic rings. The predicted molar refractivity (Wildman–Crippen MR) is 99.8 cm³/mol. The molecule has 24 heavy (non-hydrogen) atoms. The molecule has 1 unspecified atom stereocenters. The highest BCUT2D eigenvalue weighted by Crippen LogP contribution is 2.25. The van der Waals surface area contributed by atoms with E-state index in [1.54, 1.807) is 0 Å². The molecule has 0 N–H and O–H groups in total. The van der Waals surface area contributed by atoms with Crippen LogP contribution in [0.1, 0.15) is 5.56 Å². The molecule has 1 atom stereocenters. The Morgan fingerprint density at radius 3 is 2.29 bits per heavy atom. The summed E-state index contributed by atoms with van der Waals surface area (Å²) in [6, 6.07) is 21.0. The standard InChI is InChI=1S/C20H21N3Si/c1-24(2,20-10-6-7-13-23-20)16-18(19(14-21)15-22)12-11-17-8-4-3-5-9-17/h3-13,18-19H,16H2,1-2H3/b12-11+. The van der Waals surface area contributed by atoms with E-state index in [-0.39, 0.29) is 5.92 Å². The molecule has 0 aliphatic carbocycles. The Balaban J connectivity index is 2.26. The van der Waals surface area contributed by atoms with Crippen molar-refractivity contribution >= 4 is 19.5 Å². The smallest absolute Gasteiger partial charge is 0.139 e. The number of nitrogens with zero attached hydrogens (tertiary/aromatic N) is 3. The molecule has 1 aromatic carbocycles. The summed E-state index contributed by atoms with van der Waals surface area (Å²) in [7, 11) is -1.84. The maximum Gasteiger partial charge on any atom is 0.139 e. The van der Waals surface area contributed by atoms with E-state index in [9.17, 15) is 10.5 Å². The third-order valence-electron chi connectivity index (χ3n) is 4.15.